The molecule has 168 valence electrons. The number of hydrogen-bond acceptors (Lipinski definition) is 5. The van der Waals surface area contributed by atoms with Crippen molar-refractivity contribution in [1.29, 1.82) is 0 Å². The molecule has 1 aliphatic rings. The number of halogens is 1. The number of carbonyl (C=O) groups is 3. The molecule has 3 rings (SSSR count). The minimum atomic E-state index is -0.869. The summed E-state index contributed by atoms with van der Waals surface area (Å²) < 4.78 is 5.13. The van der Waals surface area contributed by atoms with Crippen LogP contribution in [0.3, 0.4) is 0 Å². The van der Waals surface area contributed by atoms with Crippen LogP contribution in [0.15, 0.2) is 54.1 Å². The maximum Gasteiger partial charge on any atom is 0.303 e. The van der Waals surface area contributed by atoms with E-state index in [9.17, 15) is 19.5 Å². The van der Waals surface area contributed by atoms with Crippen LogP contribution in [0.4, 0.5) is 0 Å². The number of rotatable bonds is 9. The fourth-order valence-corrected chi connectivity index (χ4v) is 3.87. The normalized spacial score (nSPS) is 17.6. The largest absolute Gasteiger partial charge is 0.507 e. The second-order valence-corrected chi connectivity index (χ2v) is 7.91. The number of aliphatic hydroxyl groups is 1. The van der Waals surface area contributed by atoms with Crippen LogP contribution in [0, 0.1) is 0 Å². The molecule has 2 N–H and O–H groups in total. The third-order valence-corrected chi connectivity index (χ3v) is 5.63. The summed E-state index contributed by atoms with van der Waals surface area (Å²) in [6.45, 7) is 0.261. The Morgan fingerprint density at radius 3 is 2.25 bits per heavy atom. The van der Waals surface area contributed by atoms with Gasteiger partial charge in [-0.05, 0) is 54.8 Å². The highest BCUT2D eigenvalue weighted by atomic mass is 35.5. The number of likely N-dealkylation sites (tertiary alicyclic amines) is 1. The Hall–Kier alpha value is -3.32. The molecule has 0 aliphatic carbocycles. The molecular weight excluding hydrogens is 434 g/mol. The molecule has 8 heteroatoms. The van der Waals surface area contributed by atoms with Gasteiger partial charge in [0.1, 0.15) is 11.5 Å². The van der Waals surface area contributed by atoms with Gasteiger partial charge in [0, 0.05) is 23.6 Å². The van der Waals surface area contributed by atoms with Gasteiger partial charge in [0.05, 0.1) is 18.7 Å². The van der Waals surface area contributed by atoms with E-state index in [0.717, 1.165) is 0 Å². The van der Waals surface area contributed by atoms with Crippen molar-refractivity contribution in [2.75, 3.05) is 13.7 Å². The topological polar surface area (TPSA) is 104 Å². The van der Waals surface area contributed by atoms with Gasteiger partial charge in [0.25, 0.3) is 11.7 Å². The summed E-state index contributed by atoms with van der Waals surface area (Å²) in [5.41, 5.74) is 1.05. The molecule has 0 spiro atoms. The predicted molar refractivity (Wildman–Crippen MR) is 120 cm³/mol. The Bertz CT molecular complexity index is 1030. The summed E-state index contributed by atoms with van der Waals surface area (Å²) >= 11 is 6.01. The molecule has 1 amide bonds. The Kier molecular flexibility index (Phi) is 7.53. The van der Waals surface area contributed by atoms with Gasteiger partial charge in [-0.25, -0.2) is 0 Å². The molecule has 32 heavy (non-hydrogen) atoms. The van der Waals surface area contributed by atoms with Gasteiger partial charge in [-0.1, -0.05) is 30.2 Å². The second-order valence-electron chi connectivity index (χ2n) is 7.48. The predicted octanol–water partition coefficient (Wildman–Crippen LogP) is 4.42. The lowest BCUT2D eigenvalue weighted by Crippen LogP contribution is -2.30. The molecule has 2 aromatic rings. The standard InChI is InChI=1S/C24H24ClNO6/c1-32-18-12-8-16(9-13-18)22(29)20-21(15-6-10-17(25)11-7-15)26(24(31)23(20)30)14-4-2-3-5-19(27)28/h6-13,21,29H,2-5,14H2,1H3,(H,27,28)/t21-/m1/s1. The van der Waals surface area contributed by atoms with Crippen LogP contribution in [-0.2, 0) is 14.4 Å². The molecule has 1 heterocycles. The van der Waals surface area contributed by atoms with Crippen LogP contribution in [0.1, 0.15) is 42.9 Å². The summed E-state index contributed by atoms with van der Waals surface area (Å²) in [6.07, 6.45) is 1.67. The smallest absolute Gasteiger partial charge is 0.303 e. The van der Waals surface area contributed by atoms with E-state index in [1.807, 2.05) is 0 Å². The number of carbonyl (C=O) groups excluding carboxylic acids is 2. The highest BCUT2D eigenvalue weighted by Crippen LogP contribution is 2.40. The number of ketones is 1. The van der Waals surface area contributed by atoms with Crippen LogP contribution in [0.25, 0.3) is 5.76 Å². The number of Topliss-reactive ketones (excluding diaryl/α,β-unsaturated/α-hetero) is 1. The number of hydrogen-bond donors (Lipinski definition) is 2. The molecule has 2 aromatic carbocycles. The number of carboxylic acid groups (broad SMARTS) is 1. The lowest BCUT2D eigenvalue weighted by atomic mass is 9.95. The van der Waals surface area contributed by atoms with Gasteiger partial charge >= 0.3 is 5.97 Å². The number of aliphatic carboxylic acids is 1. The quantitative estimate of drug-likeness (QED) is 0.250. The minimum absolute atomic E-state index is 0.00743. The number of nitrogens with zero attached hydrogens (tertiary/aromatic N) is 1. The SMILES string of the molecule is COc1ccc(C(O)=C2C(=O)C(=O)N(CCCCCC(=O)O)[C@@H]2c2ccc(Cl)cc2)cc1. The maximum atomic E-state index is 12.9. The molecule has 0 radical (unpaired) electrons. The zero-order chi connectivity index (χ0) is 23.3. The van der Waals surface area contributed by atoms with Crippen molar-refractivity contribution < 1.29 is 29.3 Å². The van der Waals surface area contributed by atoms with Gasteiger partial charge in [0.15, 0.2) is 0 Å². The first-order chi connectivity index (χ1) is 15.3. The highest BCUT2D eigenvalue weighted by molar-refractivity contribution is 6.46. The van der Waals surface area contributed by atoms with Crippen molar-refractivity contribution in [2.24, 2.45) is 0 Å². The average Bonchev–Trinajstić information content (AvgIpc) is 3.03. The number of amides is 1. The van der Waals surface area contributed by atoms with E-state index >= 15 is 0 Å². The van der Waals surface area contributed by atoms with E-state index < -0.39 is 23.7 Å². The van der Waals surface area contributed by atoms with Gasteiger partial charge in [-0.2, -0.15) is 0 Å². The zero-order valence-corrected chi connectivity index (χ0v) is 18.3. The molecule has 1 aliphatic heterocycles. The third kappa shape index (κ3) is 5.11. The Morgan fingerprint density at radius 1 is 1.00 bits per heavy atom. The van der Waals surface area contributed by atoms with Gasteiger partial charge in [-0.15, -0.1) is 0 Å². The van der Waals surface area contributed by atoms with E-state index in [1.165, 1.54) is 12.0 Å². The Balaban J connectivity index is 1.96. The molecule has 1 fully saturated rings. The first-order valence-corrected chi connectivity index (χ1v) is 10.6. The summed E-state index contributed by atoms with van der Waals surface area (Å²) in [5, 5.41) is 20.3. The van der Waals surface area contributed by atoms with Crippen molar-refractivity contribution in [2.45, 2.75) is 31.7 Å². The Labute approximate surface area is 190 Å². The summed E-state index contributed by atoms with van der Waals surface area (Å²) in [6, 6.07) is 12.5. The molecular formula is C24H24ClNO6. The molecule has 7 nitrogen and oxygen atoms in total. The Morgan fingerprint density at radius 2 is 1.66 bits per heavy atom. The fraction of sp³-hybridized carbons (Fsp3) is 0.292. The summed E-state index contributed by atoms with van der Waals surface area (Å²) in [7, 11) is 1.53. The molecule has 0 aromatic heterocycles. The van der Waals surface area contributed by atoms with Crippen molar-refractivity contribution in [3.05, 3.63) is 70.3 Å². The fourth-order valence-electron chi connectivity index (χ4n) is 3.74. The number of ether oxygens (including phenoxy) is 1. The highest BCUT2D eigenvalue weighted by Gasteiger charge is 2.45. The maximum absolute atomic E-state index is 12.9. The van der Waals surface area contributed by atoms with Crippen molar-refractivity contribution in [3.63, 3.8) is 0 Å². The molecule has 0 saturated carbocycles. The number of benzene rings is 2. The molecule has 1 saturated heterocycles. The molecule has 1 atom stereocenters. The van der Waals surface area contributed by atoms with E-state index in [2.05, 4.69) is 0 Å². The van der Waals surface area contributed by atoms with Gasteiger partial charge in [0.2, 0.25) is 0 Å². The number of unbranched alkanes of at least 4 members (excludes halogenated alkanes) is 2. The lowest BCUT2D eigenvalue weighted by Gasteiger charge is -2.25. The molecule has 0 bridgehead atoms. The van der Waals surface area contributed by atoms with Crippen molar-refractivity contribution in [1.82, 2.24) is 4.90 Å². The number of aliphatic hydroxyl groups excluding tert-OH is 1. The van der Waals surface area contributed by atoms with Gasteiger partial charge in [-0.3, -0.25) is 14.4 Å². The van der Waals surface area contributed by atoms with Crippen LogP contribution < -0.4 is 4.74 Å². The van der Waals surface area contributed by atoms with E-state index in [4.69, 9.17) is 21.4 Å². The van der Waals surface area contributed by atoms with Crippen LogP contribution >= 0.6 is 11.6 Å². The zero-order valence-electron chi connectivity index (χ0n) is 17.6. The minimum Gasteiger partial charge on any atom is -0.507 e. The van der Waals surface area contributed by atoms with E-state index in [1.54, 1.807) is 48.5 Å². The van der Waals surface area contributed by atoms with E-state index in [0.29, 0.717) is 41.2 Å². The lowest BCUT2D eigenvalue weighted by molar-refractivity contribution is -0.140. The van der Waals surface area contributed by atoms with Crippen LogP contribution in [0.2, 0.25) is 5.02 Å². The third-order valence-electron chi connectivity index (χ3n) is 5.38. The van der Waals surface area contributed by atoms with Crippen molar-refractivity contribution in [3.8, 4) is 5.75 Å². The monoisotopic (exact) mass is 457 g/mol. The van der Waals surface area contributed by atoms with Crippen LogP contribution in [0.5, 0.6) is 5.75 Å². The number of methoxy groups -OCH3 is 1. The van der Waals surface area contributed by atoms with Gasteiger partial charge < -0.3 is 19.8 Å². The average molecular weight is 458 g/mol. The number of carboxylic acids is 1. The summed E-state index contributed by atoms with van der Waals surface area (Å²) in [5.74, 6) is -2.00. The van der Waals surface area contributed by atoms with Crippen LogP contribution in [-0.4, -0.2) is 46.4 Å². The first-order valence-electron chi connectivity index (χ1n) is 10.2. The van der Waals surface area contributed by atoms with Crippen molar-refractivity contribution >= 4 is 35.0 Å². The van der Waals surface area contributed by atoms with E-state index in [-0.39, 0.29) is 24.3 Å². The second kappa shape index (κ2) is 10.3. The molecule has 0 unspecified atom stereocenters. The summed E-state index contributed by atoms with van der Waals surface area (Å²) in [4.78, 5) is 38.0. The first kappa shape index (κ1) is 23.3.